The number of rotatable bonds is 4. The SMILES string of the molecule is COC(=O)C(C)(O)CSc1cccc(C(F)(F)F)c1. The van der Waals surface area contributed by atoms with Crippen molar-refractivity contribution in [2.75, 3.05) is 12.9 Å². The molecule has 0 saturated carbocycles. The summed E-state index contributed by atoms with van der Waals surface area (Å²) in [6, 6.07) is 4.69. The van der Waals surface area contributed by atoms with Crippen molar-refractivity contribution >= 4 is 17.7 Å². The van der Waals surface area contributed by atoms with Crippen molar-refractivity contribution in [1.29, 1.82) is 0 Å². The number of thioether (sulfide) groups is 1. The van der Waals surface area contributed by atoms with E-state index >= 15 is 0 Å². The van der Waals surface area contributed by atoms with Crippen molar-refractivity contribution in [3.05, 3.63) is 29.8 Å². The molecular weight excluding hydrogens is 281 g/mol. The van der Waals surface area contributed by atoms with Crippen LogP contribution in [-0.4, -0.2) is 29.5 Å². The number of hydrogen-bond donors (Lipinski definition) is 1. The Morgan fingerprint density at radius 3 is 2.58 bits per heavy atom. The highest BCUT2D eigenvalue weighted by atomic mass is 32.2. The largest absolute Gasteiger partial charge is 0.467 e. The van der Waals surface area contributed by atoms with Crippen molar-refractivity contribution in [2.45, 2.75) is 23.6 Å². The van der Waals surface area contributed by atoms with Crippen molar-refractivity contribution < 1.29 is 27.8 Å². The predicted molar refractivity (Wildman–Crippen MR) is 64.8 cm³/mol. The lowest BCUT2D eigenvalue weighted by Crippen LogP contribution is -2.38. The van der Waals surface area contributed by atoms with Gasteiger partial charge in [-0.1, -0.05) is 6.07 Å². The molecule has 1 atom stereocenters. The summed E-state index contributed by atoms with van der Waals surface area (Å²) >= 11 is 0.951. The molecule has 1 aromatic rings. The zero-order valence-electron chi connectivity index (χ0n) is 10.3. The van der Waals surface area contributed by atoms with Gasteiger partial charge in [-0.05, 0) is 25.1 Å². The van der Waals surface area contributed by atoms with Gasteiger partial charge in [0.2, 0.25) is 0 Å². The summed E-state index contributed by atoms with van der Waals surface area (Å²) in [4.78, 5) is 11.5. The molecule has 0 fully saturated rings. The van der Waals surface area contributed by atoms with Crippen LogP contribution >= 0.6 is 11.8 Å². The number of esters is 1. The van der Waals surface area contributed by atoms with Gasteiger partial charge in [0.15, 0.2) is 5.60 Å². The Labute approximate surface area is 112 Å². The molecule has 0 bridgehead atoms. The third-order valence-corrected chi connectivity index (χ3v) is 3.60. The van der Waals surface area contributed by atoms with E-state index < -0.39 is 23.3 Å². The maximum absolute atomic E-state index is 12.5. The number of alkyl halides is 3. The molecule has 0 spiro atoms. The minimum absolute atomic E-state index is 0.0962. The highest BCUT2D eigenvalue weighted by Crippen LogP contribution is 2.32. The second-order valence-corrected chi connectivity index (χ2v) is 5.13. The lowest BCUT2D eigenvalue weighted by molar-refractivity contribution is -0.158. The molecule has 0 aliphatic rings. The fraction of sp³-hybridized carbons (Fsp3) is 0.417. The summed E-state index contributed by atoms with van der Waals surface area (Å²) < 4.78 is 41.9. The van der Waals surface area contributed by atoms with Crippen LogP contribution < -0.4 is 0 Å². The number of aliphatic hydroxyl groups is 1. The third-order valence-electron chi connectivity index (χ3n) is 2.31. The van der Waals surface area contributed by atoms with E-state index in [0.717, 1.165) is 31.0 Å². The quantitative estimate of drug-likeness (QED) is 0.685. The van der Waals surface area contributed by atoms with Gasteiger partial charge in [0.05, 0.1) is 12.7 Å². The first-order chi connectivity index (χ1) is 8.66. The van der Waals surface area contributed by atoms with Crippen LogP contribution in [0.5, 0.6) is 0 Å². The third kappa shape index (κ3) is 4.43. The summed E-state index contributed by atoms with van der Waals surface area (Å²) in [5.41, 5.74) is -2.51. The van der Waals surface area contributed by atoms with Gasteiger partial charge in [-0.2, -0.15) is 13.2 Å². The number of methoxy groups -OCH3 is 1. The Hall–Kier alpha value is -1.21. The normalized spacial score (nSPS) is 14.8. The molecule has 7 heteroatoms. The molecule has 106 valence electrons. The van der Waals surface area contributed by atoms with E-state index in [2.05, 4.69) is 4.74 Å². The molecule has 3 nitrogen and oxygen atoms in total. The van der Waals surface area contributed by atoms with Gasteiger partial charge in [-0.3, -0.25) is 0 Å². The number of ether oxygens (including phenoxy) is 1. The molecule has 0 saturated heterocycles. The van der Waals surface area contributed by atoms with Gasteiger partial charge in [-0.25, -0.2) is 4.79 Å². The van der Waals surface area contributed by atoms with Crippen LogP contribution in [0.2, 0.25) is 0 Å². The Bertz CT molecular complexity index is 458. The number of benzene rings is 1. The fourth-order valence-electron chi connectivity index (χ4n) is 1.26. The monoisotopic (exact) mass is 294 g/mol. The Morgan fingerprint density at radius 1 is 1.42 bits per heavy atom. The lowest BCUT2D eigenvalue weighted by Gasteiger charge is -2.19. The molecule has 0 aliphatic heterocycles. The maximum atomic E-state index is 12.5. The van der Waals surface area contributed by atoms with Crippen LogP contribution in [0.1, 0.15) is 12.5 Å². The lowest BCUT2D eigenvalue weighted by atomic mass is 10.1. The molecule has 19 heavy (non-hydrogen) atoms. The Kier molecular flexibility index (Phi) is 4.86. The molecule has 0 amide bonds. The Morgan fingerprint density at radius 2 is 2.05 bits per heavy atom. The zero-order valence-corrected chi connectivity index (χ0v) is 11.1. The van der Waals surface area contributed by atoms with Crippen molar-refractivity contribution in [1.82, 2.24) is 0 Å². The van der Waals surface area contributed by atoms with Crippen molar-refractivity contribution in [3.8, 4) is 0 Å². The average molecular weight is 294 g/mol. The van der Waals surface area contributed by atoms with Gasteiger partial charge in [-0.15, -0.1) is 11.8 Å². The second kappa shape index (κ2) is 5.83. The van der Waals surface area contributed by atoms with Crippen LogP contribution in [0, 0.1) is 0 Å². The molecular formula is C12H13F3O3S. The highest BCUT2D eigenvalue weighted by molar-refractivity contribution is 7.99. The number of hydrogen-bond acceptors (Lipinski definition) is 4. The second-order valence-electron chi connectivity index (χ2n) is 4.08. The van der Waals surface area contributed by atoms with E-state index in [1.807, 2.05) is 0 Å². The van der Waals surface area contributed by atoms with E-state index in [-0.39, 0.29) is 5.75 Å². The summed E-state index contributed by atoms with van der Waals surface area (Å²) in [6.45, 7) is 1.25. The van der Waals surface area contributed by atoms with Crippen molar-refractivity contribution in [3.63, 3.8) is 0 Å². The summed E-state index contributed by atoms with van der Waals surface area (Å²) in [5, 5.41) is 9.76. The van der Waals surface area contributed by atoms with Crippen LogP contribution in [0.4, 0.5) is 13.2 Å². The molecule has 0 heterocycles. The smallest absolute Gasteiger partial charge is 0.416 e. The van der Waals surface area contributed by atoms with Gasteiger partial charge < -0.3 is 9.84 Å². The van der Waals surface area contributed by atoms with Gasteiger partial charge in [0, 0.05) is 10.6 Å². The molecule has 1 unspecified atom stereocenters. The molecule has 1 N–H and O–H groups in total. The minimum atomic E-state index is -4.42. The molecule has 1 aromatic carbocycles. The number of halogens is 3. The summed E-state index contributed by atoms with van der Waals surface area (Å²) in [5.74, 6) is -0.923. The van der Waals surface area contributed by atoms with E-state index in [0.29, 0.717) is 4.90 Å². The van der Waals surface area contributed by atoms with E-state index in [1.54, 1.807) is 0 Å². The van der Waals surface area contributed by atoms with E-state index in [9.17, 15) is 23.1 Å². The summed E-state index contributed by atoms with van der Waals surface area (Å²) in [7, 11) is 1.13. The number of carbonyl (C=O) groups excluding carboxylic acids is 1. The van der Waals surface area contributed by atoms with Crippen molar-refractivity contribution in [2.24, 2.45) is 0 Å². The summed E-state index contributed by atoms with van der Waals surface area (Å²) in [6.07, 6.45) is -4.42. The van der Waals surface area contributed by atoms with E-state index in [4.69, 9.17) is 0 Å². The minimum Gasteiger partial charge on any atom is -0.467 e. The fourth-order valence-corrected chi connectivity index (χ4v) is 2.22. The molecule has 1 rings (SSSR count). The predicted octanol–water partition coefficient (Wildman–Crippen LogP) is 2.72. The zero-order chi connectivity index (χ0) is 14.7. The number of carbonyl (C=O) groups is 1. The standard InChI is InChI=1S/C12H13F3O3S/c1-11(17,10(16)18-2)7-19-9-5-3-4-8(6-9)12(13,14)15/h3-6,17H,7H2,1-2H3. The highest BCUT2D eigenvalue weighted by Gasteiger charge is 2.33. The van der Waals surface area contributed by atoms with Crippen LogP contribution in [0.3, 0.4) is 0 Å². The maximum Gasteiger partial charge on any atom is 0.416 e. The first-order valence-electron chi connectivity index (χ1n) is 5.27. The van der Waals surface area contributed by atoms with Crippen LogP contribution in [0.25, 0.3) is 0 Å². The van der Waals surface area contributed by atoms with E-state index in [1.165, 1.54) is 19.1 Å². The van der Waals surface area contributed by atoms with Crippen LogP contribution in [-0.2, 0) is 15.7 Å². The van der Waals surface area contributed by atoms with Gasteiger partial charge in [0.1, 0.15) is 0 Å². The average Bonchev–Trinajstić information content (AvgIpc) is 2.35. The Balaban J connectivity index is 2.77. The molecule has 0 aromatic heterocycles. The van der Waals surface area contributed by atoms with Gasteiger partial charge in [0.25, 0.3) is 0 Å². The molecule has 0 aliphatic carbocycles. The topological polar surface area (TPSA) is 46.5 Å². The van der Waals surface area contributed by atoms with Gasteiger partial charge >= 0.3 is 12.1 Å². The first-order valence-corrected chi connectivity index (χ1v) is 6.26. The first kappa shape index (κ1) is 15.8. The van der Waals surface area contributed by atoms with Crippen LogP contribution in [0.15, 0.2) is 29.2 Å². The molecule has 0 radical (unpaired) electrons.